The second kappa shape index (κ2) is 4.31. The third kappa shape index (κ3) is 1.62. The van der Waals surface area contributed by atoms with Gasteiger partial charge in [-0.25, -0.2) is 4.79 Å². The number of fused-ring (bicyclic) bond motifs is 1. The van der Waals surface area contributed by atoms with Crippen molar-refractivity contribution in [2.75, 3.05) is 7.11 Å². The molecule has 0 saturated carbocycles. The molecule has 3 rings (SSSR count). The van der Waals surface area contributed by atoms with Crippen LogP contribution >= 0.6 is 11.3 Å². The summed E-state index contributed by atoms with van der Waals surface area (Å²) in [5.74, 6) is 0.357. The minimum Gasteiger partial charge on any atom is -0.465 e. The fourth-order valence-electron chi connectivity index (χ4n) is 1.93. The first kappa shape index (κ1) is 11.0. The van der Waals surface area contributed by atoms with Crippen LogP contribution in [-0.2, 0) is 4.74 Å². The molecule has 18 heavy (non-hydrogen) atoms. The third-order valence-electron chi connectivity index (χ3n) is 2.73. The van der Waals surface area contributed by atoms with Crippen molar-refractivity contribution >= 4 is 27.4 Å². The molecule has 0 spiro atoms. The maximum Gasteiger partial charge on any atom is 0.340 e. The van der Waals surface area contributed by atoms with Gasteiger partial charge in [-0.15, -0.1) is 11.3 Å². The monoisotopic (exact) mass is 258 g/mol. The molecule has 3 aromatic rings. The van der Waals surface area contributed by atoms with Crippen LogP contribution in [0.1, 0.15) is 10.4 Å². The Morgan fingerprint density at radius 2 is 2.06 bits per heavy atom. The van der Waals surface area contributed by atoms with Crippen LogP contribution in [-0.4, -0.2) is 13.1 Å². The number of thiophene rings is 1. The zero-order valence-electron chi connectivity index (χ0n) is 9.67. The highest BCUT2D eigenvalue weighted by Crippen LogP contribution is 2.39. The Bertz CT molecular complexity index is 695. The van der Waals surface area contributed by atoms with Crippen LogP contribution in [0, 0.1) is 0 Å². The van der Waals surface area contributed by atoms with E-state index in [0.717, 1.165) is 15.0 Å². The second-order valence-corrected chi connectivity index (χ2v) is 4.82. The van der Waals surface area contributed by atoms with Gasteiger partial charge in [-0.3, -0.25) is 0 Å². The van der Waals surface area contributed by atoms with Gasteiger partial charge in [0, 0.05) is 10.1 Å². The van der Waals surface area contributed by atoms with Crippen LogP contribution in [0.2, 0.25) is 0 Å². The van der Waals surface area contributed by atoms with E-state index in [2.05, 4.69) is 0 Å². The quantitative estimate of drug-likeness (QED) is 0.653. The number of methoxy groups -OCH3 is 1. The van der Waals surface area contributed by atoms with E-state index >= 15 is 0 Å². The average Bonchev–Trinajstić information content (AvgIpc) is 3.04. The number of furan rings is 1. The van der Waals surface area contributed by atoms with Gasteiger partial charge in [0.05, 0.1) is 23.8 Å². The predicted octanol–water partition coefficient (Wildman–Crippen LogP) is 3.95. The third-order valence-corrected chi connectivity index (χ3v) is 3.92. The van der Waals surface area contributed by atoms with Gasteiger partial charge in [-0.2, -0.15) is 0 Å². The molecule has 0 radical (unpaired) electrons. The van der Waals surface area contributed by atoms with E-state index in [1.165, 1.54) is 18.4 Å². The maximum absolute atomic E-state index is 11.9. The minimum atomic E-state index is -0.334. The van der Waals surface area contributed by atoms with Crippen LogP contribution in [0.15, 0.2) is 47.1 Å². The summed E-state index contributed by atoms with van der Waals surface area (Å²) in [5, 5.41) is 0.903. The summed E-state index contributed by atoms with van der Waals surface area (Å²) >= 11 is 1.53. The molecule has 0 aliphatic heterocycles. The summed E-state index contributed by atoms with van der Waals surface area (Å²) in [6, 6.07) is 11.4. The molecule has 0 N–H and O–H groups in total. The summed E-state index contributed by atoms with van der Waals surface area (Å²) in [7, 11) is 1.39. The summed E-state index contributed by atoms with van der Waals surface area (Å²) in [6.45, 7) is 0. The predicted molar refractivity (Wildman–Crippen MR) is 70.9 cm³/mol. The number of benzene rings is 1. The highest BCUT2D eigenvalue weighted by molar-refractivity contribution is 7.22. The fraction of sp³-hybridized carbons (Fsp3) is 0.0714. The summed E-state index contributed by atoms with van der Waals surface area (Å²) < 4.78 is 11.3. The smallest absolute Gasteiger partial charge is 0.340 e. The lowest BCUT2D eigenvalue weighted by Gasteiger charge is -2.00. The molecule has 2 aromatic heterocycles. The van der Waals surface area contributed by atoms with Gasteiger partial charge < -0.3 is 9.15 Å². The zero-order chi connectivity index (χ0) is 12.5. The van der Waals surface area contributed by atoms with E-state index in [-0.39, 0.29) is 5.97 Å². The molecule has 0 amide bonds. The summed E-state index contributed by atoms with van der Waals surface area (Å²) in [5.41, 5.74) is 0.577. The lowest BCUT2D eigenvalue weighted by molar-refractivity contribution is 0.0604. The van der Waals surface area contributed by atoms with E-state index in [1.807, 2.05) is 30.3 Å². The summed E-state index contributed by atoms with van der Waals surface area (Å²) in [4.78, 5) is 12.8. The SMILES string of the molecule is COC(=O)c1c(-c2ccco2)sc2ccccc12. The van der Waals surface area contributed by atoms with Crippen molar-refractivity contribution in [3.8, 4) is 10.6 Å². The molecule has 0 unspecified atom stereocenters. The first-order valence-electron chi connectivity index (χ1n) is 5.45. The Morgan fingerprint density at radius 1 is 1.22 bits per heavy atom. The van der Waals surface area contributed by atoms with E-state index in [0.29, 0.717) is 11.3 Å². The molecule has 90 valence electrons. The topological polar surface area (TPSA) is 39.4 Å². The number of hydrogen-bond donors (Lipinski definition) is 0. The first-order valence-corrected chi connectivity index (χ1v) is 6.26. The van der Waals surface area contributed by atoms with Gasteiger partial charge in [0.25, 0.3) is 0 Å². The lowest BCUT2D eigenvalue weighted by atomic mass is 10.1. The number of rotatable bonds is 2. The van der Waals surface area contributed by atoms with Crippen LogP contribution in [0.25, 0.3) is 20.7 Å². The normalized spacial score (nSPS) is 10.7. The maximum atomic E-state index is 11.9. The standard InChI is InChI=1S/C14H10O3S/c1-16-14(15)12-9-5-2-3-7-11(9)18-13(12)10-6-4-8-17-10/h2-8H,1H3. The molecular weight excluding hydrogens is 248 g/mol. The van der Waals surface area contributed by atoms with Crippen LogP contribution in [0.5, 0.6) is 0 Å². The van der Waals surface area contributed by atoms with Crippen molar-refractivity contribution < 1.29 is 13.9 Å². The molecule has 4 heteroatoms. The lowest BCUT2D eigenvalue weighted by Crippen LogP contribution is -2.01. The fourth-order valence-corrected chi connectivity index (χ4v) is 3.09. The molecule has 3 nitrogen and oxygen atoms in total. The largest absolute Gasteiger partial charge is 0.465 e. The first-order chi connectivity index (χ1) is 8.81. The van der Waals surface area contributed by atoms with Gasteiger partial charge in [0.2, 0.25) is 0 Å². The molecule has 0 fully saturated rings. The second-order valence-electron chi connectivity index (χ2n) is 3.77. The Morgan fingerprint density at radius 3 is 2.78 bits per heavy atom. The Balaban J connectivity index is 2.33. The van der Waals surface area contributed by atoms with Crippen molar-refractivity contribution in [3.63, 3.8) is 0 Å². The molecule has 1 aromatic carbocycles. The van der Waals surface area contributed by atoms with E-state index in [9.17, 15) is 4.79 Å². The highest BCUT2D eigenvalue weighted by atomic mass is 32.1. The van der Waals surface area contributed by atoms with Gasteiger partial charge in [-0.05, 0) is 18.2 Å². The van der Waals surface area contributed by atoms with E-state index < -0.39 is 0 Å². The minimum absolute atomic E-state index is 0.334. The summed E-state index contributed by atoms with van der Waals surface area (Å²) in [6.07, 6.45) is 1.60. The number of hydrogen-bond acceptors (Lipinski definition) is 4. The molecule has 0 aliphatic carbocycles. The molecule has 0 bridgehead atoms. The number of esters is 1. The van der Waals surface area contributed by atoms with Gasteiger partial charge in [0.15, 0.2) is 0 Å². The molecule has 0 aliphatic rings. The van der Waals surface area contributed by atoms with Gasteiger partial charge >= 0.3 is 5.97 Å². The van der Waals surface area contributed by atoms with Crippen LogP contribution < -0.4 is 0 Å². The molecular formula is C14H10O3S. The van der Waals surface area contributed by atoms with Crippen LogP contribution in [0.4, 0.5) is 0 Å². The van der Waals surface area contributed by atoms with Crippen LogP contribution in [0.3, 0.4) is 0 Å². The zero-order valence-corrected chi connectivity index (χ0v) is 10.5. The number of ether oxygens (including phenoxy) is 1. The van der Waals surface area contributed by atoms with Crippen molar-refractivity contribution in [1.29, 1.82) is 0 Å². The van der Waals surface area contributed by atoms with E-state index in [1.54, 1.807) is 12.3 Å². The van der Waals surface area contributed by atoms with Crippen molar-refractivity contribution in [2.45, 2.75) is 0 Å². The average molecular weight is 258 g/mol. The molecule has 2 heterocycles. The van der Waals surface area contributed by atoms with Crippen molar-refractivity contribution in [1.82, 2.24) is 0 Å². The van der Waals surface area contributed by atoms with Gasteiger partial charge in [-0.1, -0.05) is 18.2 Å². The Hall–Kier alpha value is -2.07. The highest BCUT2D eigenvalue weighted by Gasteiger charge is 2.21. The molecule has 0 saturated heterocycles. The number of carbonyl (C=O) groups excluding carboxylic acids is 1. The molecule has 0 atom stereocenters. The number of carbonyl (C=O) groups is 1. The van der Waals surface area contributed by atoms with E-state index in [4.69, 9.17) is 9.15 Å². The Labute approximate surface area is 108 Å². The van der Waals surface area contributed by atoms with Gasteiger partial charge in [0.1, 0.15) is 5.76 Å². The van der Waals surface area contributed by atoms with Crippen molar-refractivity contribution in [3.05, 3.63) is 48.2 Å². The Kier molecular flexibility index (Phi) is 2.64. The van der Waals surface area contributed by atoms with Crippen molar-refractivity contribution in [2.24, 2.45) is 0 Å².